The number of aliphatic hydroxyl groups is 3. The molecule has 36 heavy (non-hydrogen) atoms. The van der Waals surface area contributed by atoms with Crippen molar-refractivity contribution >= 4 is 5.97 Å². The molecule has 1 aliphatic heterocycles. The largest absolute Gasteiger partial charge is 0.481 e. The molecular weight excluding hydrogens is 456 g/mol. The Morgan fingerprint density at radius 2 is 1.67 bits per heavy atom. The summed E-state index contributed by atoms with van der Waals surface area (Å²) >= 11 is 0. The summed E-state index contributed by atoms with van der Waals surface area (Å²) in [4.78, 5) is 11.6. The van der Waals surface area contributed by atoms with Gasteiger partial charge in [0.25, 0.3) is 0 Å². The Hall–Kier alpha value is -0.950. The molecule has 206 valence electrons. The van der Waals surface area contributed by atoms with Crippen LogP contribution in [0.15, 0.2) is 12.2 Å². The molecule has 1 saturated heterocycles. The number of carboxylic acid groups (broad SMARTS) is 1. The Morgan fingerprint density at radius 1 is 1.03 bits per heavy atom. The Balaban J connectivity index is 1.71. The minimum absolute atomic E-state index is 0.0901. The zero-order valence-corrected chi connectivity index (χ0v) is 23.5. The number of carbonyl (C=O) groups is 1. The minimum Gasteiger partial charge on any atom is -0.481 e. The first-order chi connectivity index (χ1) is 16.4. The lowest BCUT2D eigenvalue weighted by Gasteiger charge is -2.68. The van der Waals surface area contributed by atoms with Gasteiger partial charge in [-0.3, -0.25) is 4.79 Å². The number of fused-ring (bicyclic) bond motifs is 3. The second-order valence-electron chi connectivity index (χ2n) is 14.3. The Kier molecular flexibility index (Phi) is 6.85. The molecule has 0 aromatic carbocycles. The minimum atomic E-state index is -1.02. The molecule has 6 heteroatoms. The number of hydrogen-bond donors (Lipinski definition) is 4. The molecule has 1 heterocycles. The third-order valence-electron chi connectivity index (χ3n) is 12.2. The molecule has 0 amide bonds. The van der Waals surface area contributed by atoms with Crippen molar-refractivity contribution in [1.29, 1.82) is 0 Å². The zero-order valence-electron chi connectivity index (χ0n) is 23.5. The maximum absolute atomic E-state index is 11.9. The van der Waals surface area contributed by atoms with Gasteiger partial charge in [0.1, 0.15) is 0 Å². The highest BCUT2D eigenvalue weighted by Crippen LogP contribution is 2.74. The van der Waals surface area contributed by atoms with Gasteiger partial charge in [-0.1, -0.05) is 32.9 Å². The zero-order chi connectivity index (χ0) is 27.1. The average Bonchev–Trinajstić information content (AvgIpc) is 3.28. The van der Waals surface area contributed by atoms with Crippen LogP contribution in [0, 0.1) is 39.9 Å². The normalized spacial score (nSPS) is 51.0. The van der Waals surface area contributed by atoms with E-state index >= 15 is 0 Å². The highest BCUT2D eigenvalue weighted by Gasteiger charge is 2.71. The molecule has 4 rings (SSSR count). The number of allylic oxidation sites excluding steroid dienone is 1. The fraction of sp³-hybridized carbons (Fsp3) is 0.900. The molecule has 0 bridgehead atoms. The van der Waals surface area contributed by atoms with E-state index in [9.17, 15) is 25.2 Å². The molecule has 3 saturated carbocycles. The molecule has 0 radical (unpaired) electrons. The van der Waals surface area contributed by atoms with Crippen molar-refractivity contribution in [3.63, 3.8) is 0 Å². The number of ether oxygens (including phenoxy) is 1. The van der Waals surface area contributed by atoms with Crippen molar-refractivity contribution in [2.24, 2.45) is 39.9 Å². The Labute approximate surface area is 217 Å². The van der Waals surface area contributed by atoms with Crippen LogP contribution in [0.1, 0.15) is 99.8 Å². The van der Waals surface area contributed by atoms with Crippen LogP contribution in [0.25, 0.3) is 0 Å². The van der Waals surface area contributed by atoms with Gasteiger partial charge in [0.15, 0.2) is 0 Å². The van der Waals surface area contributed by atoms with Crippen molar-refractivity contribution in [1.82, 2.24) is 0 Å². The quantitative estimate of drug-likeness (QED) is 0.380. The van der Waals surface area contributed by atoms with Crippen LogP contribution in [-0.4, -0.2) is 55.9 Å². The van der Waals surface area contributed by atoms with Crippen LogP contribution in [0.5, 0.6) is 0 Å². The first kappa shape index (κ1) is 28.1. The predicted molar refractivity (Wildman–Crippen MR) is 139 cm³/mol. The molecule has 0 aromatic heterocycles. The van der Waals surface area contributed by atoms with Crippen LogP contribution in [-0.2, 0) is 9.53 Å². The van der Waals surface area contributed by atoms with Crippen LogP contribution >= 0.6 is 0 Å². The predicted octanol–water partition coefficient (Wildman–Crippen LogP) is 4.94. The number of aliphatic hydroxyl groups excluding tert-OH is 2. The molecule has 3 aliphatic carbocycles. The van der Waals surface area contributed by atoms with Crippen LogP contribution < -0.4 is 0 Å². The van der Waals surface area contributed by atoms with Crippen molar-refractivity contribution in [2.75, 3.05) is 0 Å². The molecular formula is C30H50O6. The van der Waals surface area contributed by atoms with E-state index < -0.39 is 35.5 Å². The fourth-order valence-electron chi connectivity index (χ4n) is 9.94. The number of aliphatic carboxylic acids is 1. The number of carboxylic acids is 1. The summed E-state index contributed by atoms with van der Waals surface area (Å²) in [6.07, 6.45) is 3.95. The summed E-state index contributed by atoms with van der Waals surface area (Å²) in [5, 5.41) is 43.2. The third kappa shape index (κ3) is 3.84. The van der Waals surface area contributed by atoms with Gasteiger partial charge in [-0.2, -0.15) is 0 Å². The third-order valence-corrected chi connectivity index (χ3v) is 12.2. The SMILES string of the molecule is C=C(C)C1CC(O)C2(C)C(CCC3C(C4(C)OC(C(C)(C)O)CC4O)CCC32C)C1(C)CCC(=O)O. The van der Waals surface area contributed by atoms with Crippen LogP contribution in [0.4, 0.5) is 0 Å². The topological polar surface area (TPSA) is 107 Å². The highest BCUT2D eigenvalue weighted by molar-refractivity contribution is 5.66. The molecule has 0 spiro atoms. The maximum atomic E-state index is 11.9. The highest BCUT2D eigenvalue weighted by atomic mass is 16.5. The smallest absolute Gasteiger partial charge is 0.303 e. The van der Waals surface area contributed by atoms with E-state index in [1.54, 1.807) is 13.8 Å². The molecule has 11 unspecified atom stereocenters. The van der Waals surface area contributed by atoms with E-state index in [0.29, 0.717) is 19.3 Å². The summed E-state index contributed by atoms with van der Waals surface area (Å²) in [5.74, 6) is -0.0851. The molecule has 6 nitrogen and oxygen atoms in total. The van der Waals surface area contributed by atoms with Gasteiger partial charge < -0.3 is 25.2 Å². The first-order valence-corrected chi connectivity index (χ1v) is 14.1. The molecule has 11 atom stereocenters. The Bertz CT molecular complexity index is 894. The van der Waals surface area contributed by atoms with Gasteiger partial charge >= 0.3 is 5.97 Å². The van der Waals surface area contributed by atoms with Gasteiger partial charge in [0, 0.05) is 18.3 Å². The molecule has 0 aromatic rings. The van der Waals surface area contributed by atoms with E-state index in [2.05, 4.69) is 27.4 Å². The number of hydrogen-bond acceptors (Lipinski definition) is 5. The van der Waals surface area contributed by atoms with E-state index in [1.165, 1.54) is 0 Å². The monoisotopic (exact) mass is 506 g/mol. The second-order valence-corrected chi connectivity index (χ2v) is 14.3. The molecule has 4 N–H and O–H groups in total. The van der Waals surface area contributed by atoms with Gasteiger partial charge in [-0.05, 0) is 101 Å². The summed E-state index contributed by atoms with van der Waals surface area (Å²) in [6, 6.07) is 0. The van der Waals surface area contributed by atoms with Gasteiger partial charge in [-0.25, -0.2) is 0 Å². The van der Waals surface area contributed by atoms with Crippen molar-refractivity contribution in [2.45, 2.75) is 129 Å². The van der Waals surface area contributed by atoms with Crippen molar-refractivity contribution < 1.29 is 30.0 Å². The lowest BCUT2D eigenvalue weighted by Crippen LogP contribution is -2.65. The molecule has 4 aliphatic rings. The van der Waals surface area contributed by atoms with E-state index in [1.807, 2.05) is 13.8 Å². The second kappa shape index (κ2) is 8.79. The van der Waals surface area contributed by atoms with Gasteiger partial charge in [-0.15, -0.1) is 0 Å². The van der Waals surface area contributed by atoms with E-state index in [-0.39, 0.29) is 46.3 Å². The lowest BCUT2D eigenvalue weighted by atomic mass is 9.37. The maximum Gasteiger partial charge on any atom is 0.303 e. The average molecular weight is 507 g/mol. The fourth-order valence-corrected chi connectivity index (χ4v) is 9.94. The number of rotatable bonds is 6. The van der Waals surface area contributed by atoms with Gasteiger partial charge in [0.05, 0.1) is 29.5 Å². The van der Waals surface area contributed by atoms with Crippen LogP contribution in [0.3, 0.4) is 0 Å². The van der Waals surface area contributed by atoms with E-state index in [0.717, 1.165) is 31.3 Å². The Morgan fingerprint density at radius 3 is 2.19 bits per heavy atom. The van der Waals surface area contributed by atoms with Crippen molar-refractivity contribution in [3.05, 3.63) is 12.2 Å². The summed E-state index contributed by atoms with van der Waals surface area (Å²) in [7, 11) is 0. The lowest BCUT2D eigenvalue weighted by molar-refractivity contribution is -0.233. The molecule has 4 fully saturated rings. The first-order valence-electron chi connectivity index (χ1n) is 14.1. The summed E-state index contributed by atoms with van der Waals surface area (Å²) < 4.78 is 6.51. The standard InChI is InChI=1S/C30H50O6/c1-17(2)20-15-22(31)29(7)21(27(20,5)13-12-25(33)34)10-9-18-19(11-14-28(18,29)6)30(8)23(32)16-24(36-30)26(3,4)35/h18-24,31-32,35H,1,9-16H2,2-8H3,(H,33,34). The summed E-state index contributed by atoms with van der Waals surface area (Å²) in [6.45, 7) is 18.7. The van der Waals surface area contributed by atoms with Crippen molar-refractivity contribution in [3.8, 4) is 0 Å². The van der Waals surface area contributed by atoms with Gasteiger partial charge in [0.2, 0.25) is 0 Å². The van der Waals surface area contributed by atoms with E-state index in [4.69, 9.17) is 4.74 Å². The summed E-state index contributed by atoms with van der Waals surface area (Å²) in [5.41, 5.74) is -1.50. The van der Waals surface area contributed by atoms with Crippen LogP contribution in [0.2, 0.25) is 0 Å².